The van der Waals surface area contributed by atoms with Crippen molar-refractivity contribution in [1.82, 2.24) is 4.57 Å². The van der Waals surface area contributed by atoms with Gasteiger partial charge < -0.3 is 9.52 Å². The first-order valence-corrected chi connectivity index (χ1v) is 16.3. The molecule has 0 fully saturated rings. The SMILES string of the molecule is C=CC(=C)CCCC.CC.CC(C)(C)c1ccc(-c2ccc3oc4ccc5c(=O)n(CC(=O)O)c(=O)c6ccc(c3c2)c4c56)cc1.[B]=C. The molecule has 0 bridgehead atoms. The van der Waals surface area contributed by atoms with Crippen LogP contribution in [0.2, 0.25) is 0 Å². The molecule has 0 aliphatic carbocycles. The minimum atomic E-state index is -1.24. The van der Waals surface area contributed by atoms with Crippen molar-refractivity contribution in [2.24, 2.45) is 0 Å². The van der Waals surface area contributed by atoms with Crippen molar-refractivity contribution in [2.45, 2.75) is 72.8 Å². The number of benzene rings is 4. The summed E-state index contributed by atoms with van der Waals surface area (Å²) in [5.74, 6) is -1.24. The van der Waals surface area contributed by atoms with E-state index in [0.717, 1.165) is 38.5 Å². The van der Waals surface area contributed by atoms with Crippen molar-refractivity contribution in [1.29, 1.82) is 0 Å². The van der Waals surface area contributed by atoms with Crippen LogP contribution in [-0.4, -0.2) is 29.6 Å². The Labute approximate surface area is 283 Å². The molecule has 0 atom stereocenters. The molecule has 1 N–H and O–H groups in total. The fourth-order valence-electron chi connectivity index (χ4n) is 5.59. The predicted molar refractivity (Wildman–Crippen MR) is 205 cm³/mol. The van der Waals surface area contributed by atoms with Crippen molar-refractivity contribution < 1.29 is 14.3 Å². The van der Waals surface area contributed by atoms with Crippen LogP contribution in [0.25, 0.3) is 54.6 Å². The van der Waals surface area contributed by atoms with Gasteiger partial charge in [-0.25, -0.2) is 0 Å². The van der Waals surface area contributed by atoms with Crippen LogP contribution in [0.1, 0.15) is 66.4 Å². The fraction of sp³-hybridized carbons (Fsp3) is 0.268. The van der Waals surface area contributed by atoms with E-state index in [1.54, 1.807) is 18.2 Å². The van der Waals surface area contributed by atoms with Gasteiger partial charge in [0.2, 0.25) is 0 Å². The molecular formula is C41H45BNO5. The molecule has 247 valence electrons. The van der Waals surface area contributed by atoms with Crippen molar-refractivity contribution in [3.8, 4) is 11.1 Å². The van der Waals surface area contributed by atoms with Crippen LogP contribution in [-0.2, 0) is 16.8 Å². The molecule has 0 unspecified atom stereocenters. The maximum atomic E-state index is 13.1. The molecule has 0 amide bonds. The summed E-state index contributed by atoms with van der Waals surface area (Å²) >= 11 is 0. The van der Waals surface area contributed by atoms with E-state index in [1.165, 1.54) is 18.4 Å². The van der Waals surface area contributed by atoms with Gasteiger partial charge in [-0.1, -0.05) is 109 Å². The number of hydrogen-bond acceptors (Lipinski definition) is 4. The quantitative estimate of drug-likeness (QED) is 0.0811. The third kappa shape index (κ3) is 7.74. The second-order valence-electron chi connectivity index (χ2n) is 12.2. The van der Waals surface area contributed by atoms with Crippen molar-refractivity contribution in [3.63, 3.8) is 0 Å². The number of carboxylic acid groups (broad SMARTS) is 1. The van der Waals surface area contributed by atoms with Gasteiger partial charge in [-0.3, -0.25) is 19.0 Å². The number of hydrogen-bond donors (Lipinski definition) is 1. The average Bonchev–Trinajstić information content (AvgIpc) is 3.10. The number of fused-ring (bicyclic) bond motifs is 2. The van der Waals surface area contributed by atoms with E-state index in [1.807, 2.05) is 38.1 Å². The van der Waals surface area contributed by atoms with E-state index in [2.05, 4.69) is 85.1 Å². The Morgan fingerprint density at radius 2 is 1.38 bits per heavy atom. The summed E-state index contributed by atoms with van der Waals surface area (Å²) < 4.78 is 6.99. The molecule has 6 aromatic rings. The maximum absolute atomic E-state index is 13.1. The Hall–Kier alpha value is -5.04. The Morgan fingerprint density at radius 3 is 1.92 bits per heavy atom. The molecule has 0 aliphatic rings. The predicted octanol–water partition coefficient (Wildman–Crippen LogP) is 9.43. The second kappa shape index (κ2) is 16.2. The van der Waals surface area contributed by atoms with Crippen molar-refractivity contribution in [2.75, 3.05) is 0 Å². The minimum absolute atomic E-state index is 0.0664. The standard InChI is InChI=1S/C30H23NO5.C8H14.C2H6.CH2B/c1-30(2,3)18-7-4-16(5-8-18)17-6-12-23-22(14-17)19-9-10-20-26-21(11-13-24(36-23)27(19)26)29(35)31(28(20)34)15-25(32)33;1-4-6-7-8(3)5-2;2*1-2/h4-14H,15H2,1-3H3,(H,32,33);5H,2-4,6-7H2,1H3;1-2H3;1H2. The summed E-state index contributed by atoms with van der Waals surface area (Å²) in [6.07, 6.45) is 5.42. The third-order valence-corrected chi connectivity index (χ3v) is 8.08. The van der Waals surface area contributed by atoms with Crippen LogP contribution in [0.5, 0.6) is 0 Å². The zero-order chi connectivity index (χ0) is 35.8. The average molecular weight is 643 g/mol. The van der Waals surface area contributed by atoms with Crippen LogP contribution in [0.15, 0.2) is 106 Å². The van der Waals surface area contributed by atoms with E-state index in [9.17, 15) is 19.5 Å². The van der Waals surface area contributed by atoms with Gasteiger partial charge in [0.15, 0.2) is 0 Å². The van der Waals surface area contributed by atoms with Gasteiger partial charge in [0.05, 0.1) is 0 Å². The number of allylic oxidation sites excluding steroid dienone is 2. The monoisotopic (exact) mass is 642 g/mol. The number of aromatic nitrogens is 1. The fourth-order valence-corrected chi connectivity index (χ4v) is 5.59. The van der Waals surface area contributed by atoms with E-state index in [-0.39, 0.29) is 5.41 Å². The van der Waals surface area contributed by atoms with Gasteiger partial charge in [0, 0.05) is 26.9 Å². The van der Waals surface area contributed by atoms with E-state index in [0.29, 0.717) is 32.7 Å². The van der Waals surface area contributed by atoms with Gasteiger partial charge in [0.1, 0.15) is 17.7 Å². The van der Waals surface area contributed by atoms with E-state index < -0.39 is 23.6 Å². The normalized spacial score (nSPS) is 10.9. The molecule has 0 aliphatic heterocycles. The van der Waals surface area contributed by atoms with Crippen LogP contribution in [0.3, 0.4) is 0 Å². The molecule has 0 saturated carbocycles. The van der Waals surface area contributed by atoms with Gasteiger partial charge in [-0.2, -0.15) is 0 Å². The number of carbonyl (C=O) groups is 1. The first-order valence-electron chi connectivity index (χ1n) is 16.3. The third-order valence-electron chi connectivity index (χ3n) is 8.08. The summed E-state index contributed by atoms with van der Waals surface area (Å²) in [5.41, 5.74) is 4.62. The zero-order valence-corrected chi connectivity index (χ0v) is 29.0. The summed E-state index contributed by atoms with van der Waals surface area (Å²) in [5, 5.41) is 12.7. The van der Waals surface area contributed by atoms with Gasteiger partial charge >= 0.3 is 19.9 Å². The molecule has 0 saturated heterocycles. The molecule has 6 rings (SSSR count). The number of pyridine rings is 1. The Bertz CT molecular complexity index is 2150. The van der Waals surface area contributed by atoms with Crippen molar-refractivity contribution in [3.05, 3.63) is 118 Å². The van der Waals surface area contributed by atoms with Crippen molar-refractivity contribution >= 4 is 63.4 Å². The molecule has 7 heteroatoms. The second-order valence-corrected chi connectivity index (χ2v) is 12.2. The van der Waals surface area contributed by atoms with Crippen LogP contribution in [0, 0.1) is 0 Å². The molecule has 2 aromatic heterocycles. The Balaban J connectivity index is 0.000000454. The number of aliphatic carboxylic acids is 1. The van der Waals surface area contributed by atoms with Gasteiger partial charge in [0.25, 0.3) is 11.1 Å². The van der Waals surface area contributed by atoms with Gasteiger partial charge in [-0.15, -0.1) is 0 Å². The van der Waals surface area contributed by atoms with Gasteiger partial charge in [-0.05, 0) is 70.7 Å². The van der Waals surface area contributed by atoms with Crippen LogP contribution < -0.4 is 11.1 Å². The molecule has 6 nitrogen and oxygen atoms in total. The first-order chi connectivity index (χ1) is 22.9. The molecule has 4 aromatic carbocycles. The van der Waals surface area contributed by atoms with E-state index >= 15 is 0 Å². The summed E-state index contributed by atoms with van der Waals surface area (Å²) in [6, 6.07) is 21.4. The van der Waals surface area contributed by atoms with Crippen LogP contribution in [0.4, 0.5) is 0 Å². The zero-order valence-electron chi connectivity index (χ0n) is 29.0. The number of unbranched alkanes of at least 4 members (excludes halogenated alkanes) is 1. The first kappa shape index (κ1) is 37.4. The molecule has 2 heterocycles. The molecule has 48 heavy (non-hydrogen) atoms. The number of carboxylic acids is 1. The summed E-state index contributed by atoms with van der Waals surface area (Å²) in [4.78, 5) is 37.4. The topological polar surface area (TPSA) is 89.5 Å². The molecule has 1 radical (unpaired) electrons. The molecular weight excluding hydrogens is 597 g/mol. The van der Waals surface area contributed by atoms with Crippen LogP contribution >= 0.6 is 0 Å². The number of nitrogens with zero attached hydrogens (tertiary/aromatic N) is 1. The Morgan fingerprint density at radius 1 is 0.833 bits per heavy atom. The molecule has 0 spiro atoms. The summed E-state index contributed by atoms with van der Waals surface area (Å²) in [7, 11) is 4.25. The summed E-state index contributed by atoms with van der Waals surface area (Å²) in [6.45, 7) is 22.2. The number of rotatable bonds is 7. The Kier molecular flexibility index (Phi) is 12.6. The van der Waals surface area contributed by atoms with E-state index in [4.69, 9.17) is 4.42 Å².